The molecule has 1 unspecified atom stereocenters. The molecule has 1 amide bonds. The number of hydrogen-bond donors (Lipinski definition) is 1. The van der Waals surface area contributed by atoms with E-state index in [2.05, 4.69) is 18.8 Å². The molecule has 0 saturated carbocycles. The van der Waals surface area contributed by atoms with E-state index in [1.807, 2.05) is 0 Å². The Hall–Kier alpha value is -4.64. The molecule has 0 bridgehead atoms. The number of aromatic nitrogens is 1. The standard InChI is InChI=1S/C32H29FN2O7S/c1-17(2)10-11-40-22-8-4-18(14-24(22)39-3)28-27(29(36)19-5-9-23-25(15-19)42-13-12-41-23)30(37)31(38)35(28)32-34-21-7-6-20(33)16-26(21)43-32/h4-9,14-17,28,36H,10-13H2,1-3H3/b29-27+. The van der Waals surface area contributed by atoms with Crippen molar-refractivity contribution in [2.75, 3.05) is 31.8 Å². The van der Waals surface area contributed by atoms with Gasteiger partial charge >= 0.3 is 5.91 Å². The summed E-state index contributed by atoms with van der Waals surface area (Å²) >= 11 is 1.07. The number of fused-ring (bicyclic) bond motifs is 2. The average Bonchev–Trinajstić information content (AvgIpc) is 3.53. The molecular formula is C32H29FN2O7S. The molecule has 2 aliphatic rings. The van der Waals surface area contributed by atoms with Crippen molar-refractivity contribution < 1.29 is 38.0 Å². The van der Waals surface area contributed by atoms with Gasteiger partial charge < -0.3 is 24.1 Å². The number of carbonyl (C=O) groups is 2. The van der Waals surface area contributed by atoms with Crippen LogP contribution in [0.4, 0.5) is 9.52 Å². The van der Waals surface area contributed by atoms with Crippen molar-refractivity contribution in [3.05, 3.63) is 77.1 Å². The molecule has 1 N–H and O–H groups in total. The highest BCUT2D eigenvalue weighted by Crippen LogP contribution is 2.46. The molecule has 1 atom stereocenters. The molecule has 222 valence electrons. The molecule has 4 aromatic rings. The van der Waals surface area contributed by atoms with Crippen LogP contribution in [-0.2, 0) is 9.59 Å². The first-order valence-corrected chi connectivity index (χ1v) is 14.6. The Balaban J connectivity index is 1.49. The third kappa shape index (κ3) is 5.36. The molecule has 2 aliphatic heterocycles. The number of thiazole rings is 1. The Labute approximate surface area is 251 Å². The van der Waals surface area contributed by atoms with E-state index in [4.69, 9.17) is 18.9 Å². The highest BCUT2D eigenvalue weighted by atomic mass is 32.1. The number of ether oxygens (including phenoxy) is 4. The number of ketones is 1. The number of Topliss-reactive ketones (excluding diaryl/α,β-unsaturated/α-hetero) is 1. The first-order chi connectivity index (χ1) is 20.7. The maximum Gasteiger partial charge on any atom is 0.301 e. The van der Waals surface area contributed by atoms with Gasteiger partial charge in [-0.25, -0.2) is 9.37 Å². The smallest absolute Gasteiger partial charge is 0.301 e. The van der Waals surface area contributed by atoms with Crippen LogP contribution < -0.4 is 23.8 Å². The van der Waals surface area contributed by atoms with Gasteiger partial charge in [0.2, 0.25) is 0 Å². The molecule has 6 rings (SSSR count). The van der Waals surface area contributed by atoms with Crippen LogP contribution in [0.5, 0.6) is 23.0 Å². The highest BCUT2D eigenvalue weighted by Gasteiger charge is 2.48. The van der Waals surface area contributed by atoms with Crippen molar-refractivity contribution in [1.29, 1.82) is 0 Å². The fraction of sp³-hybridized carbons (Fsp3) is 0.281. The number of nitrogens with zero attached hydrogens (tertiary/aromatic N) is 2. The quantitative estimate of drug-likeness (QED) is 0.143. The summed E-state index contributed by atoms with van der Waals surface area (Å²) < 4.78 is 37.3. The molecular weight excluding hydrogens is 575 g/mol. The van der Waals surface area contributed by atoms with Crippen LogP contribution in [0, 0.1) is 11.7 Å². The third-order valence-electron chi connectivity index (χ3n) is 7.26. The molecule has 9 nitrogen and oxygen atoms in total. The monoisotopic (exact) mass is 604 g/mol. The van der Waals surface area contributed by atoms with E-state index >= 15 is 0 Å². The van der Waals surface area contributed by atoms with E-state index in [0.29, 0.717) is 64.5 Å². The number of rotatable bonds is 8. The van der Waals surface area contributed by atoms with Crippen LogP contribution in [0.15, 0.2) is 60.2 Å². The van der Waals surface area contributed by atoms with Crippen LogP contribution in [0.25, 0.3) is 16.0 Å². The van der Waals surface area contributed by atoms with Gasteiger partial charge in [-0.3, -0.25) is 14.5 Å². The average molecular weight is 605 g/mol. The molecule has 43 heavy (non-hydrogen) atoms. The van der Waals surface area contributed by atoms with Crippen molar-refractivity contribution in [2.24, 2.45) is 5.92 Å². The first kappa shape index (κ1) is 28.5. The Bertz CT molecular complexity index is 1770. The van der Waals surface area contributed by atoms with Gasteiger partial charge in [-0.1, -0.05) is 31.3 Å². The number of aliphatic hydroxyl groups is 1. The van der Waals surface area contributed by atoms with Crippen LogP contribution in [-0.4, -0.2) is 48.7 Å². The number of hydrogen-bond acceptors (Lipinski definition) is 9. The van der Waals surface area contributed by atoms with Crippen LogP contribution in [0.1, 0.15) is 37.4 Å². The summed E-state index contributed by atoms with van der Waals surface area (Å²) in [6.07, 6.45) is 0.846. The van der Waals surface area contributed by atoms with Gasteiger partial charge in [-0.2, -0.15) is 0 Å². The number of benzene rings is 3. The molecule has 3 heterocycles. The number of methoxy groups -OCH3 is 1. The minimum Gasteiger partial charge on any atom is -0.507 e. The molecule has 11 heteroatoms. The topological polar surface area (TPSA) is 107 Å². The van der Waals surface area contributed by atoms with Gasteiger partial charge in [0.1, 0.15) is 24.8 Å². The zero-order chi connectivity index (χ0) is 30.2. The SMILES string of the molecule is COc1cc(C2/C(=C(\O)c3ccc4c(c3)OCCO4)C(=O)C(=O)N2c2nc3ccc(F)cc3s2)ccc1OCCC(C)C. The second kappa shape index (κ2) is 11.6. The lowest BCUT2D eigenvalue weighted by molar-refractivity contribution is -0.132. The van der Waals surface area contributed by atoms with E-state index in [0.717, 1.165) is 17.8 Å². The number of aliphatic hydroxyl groups excluding tert-OH is 1. The predicted molar refractivity (Wildman–Crippen MR) is 160 cm³/mol. The van der Waals surface area contributed by atoms with Gasteiger partial charge in [0.25, 0.3) is 5.78 Å². The maximum absolute atomic E-state index is 14.0. The largest absolute Gasteiger partial charge is 0.507 e. The van der Waals surface area contributed by atoms with E-state index in [1.165, 1.54) is 30.2 Å². The highest BCUT2D eigenvalue weighted by molar-refractivity contribution is 7.22. The zero-order valence-corrected chi connectivity index (χ0v) is 24.6. The maximum atomic E-state index is 14.0. The molecule has 0 spiro atoms. The summed E-state index contributed by atoms with van der Waals surface area (Å²) in [7, 11) is 1.50. The Morgan fingerprint density at radius 1 is 1.07 bits per heavy atom. The lowest BCUT2D eigenvalue weighted by Crippen LogP contribution is -2.29. The zero-order valence-electron chi connectivity index (χ0n) is 23.8. The van der Waals surface area contributed by atoms with Crippen molar-refractivity contribution >= 4 is 44.1 Å². The molecule has 1 aromatic heterocycles. The van der Waals surface area contributed by atoms with Gasteiger partial charge in [0.05, 0.1) is 35.5 Å². The van der Waals surface area contributed by atoms with Crippen LogP contribution >= 0.6 is 11.3 Å². The number of amides is 1. The summed E-state index contributed by atoms with van der Waals surface area (Å²) in [6.45, 7) is 5.42. The fourth-order valence-corrected chi connectivity index (χ4v) is 6.08. The lowest BCUT2D eigenvalue weighted by Gasteiger charge is -2.24. The van der Waals surface area contributed by atoms with E-state index in [9.17, 15) is 19.1 Å². The summed E-state index contributed by atoms with van der Waals surface area (Å²) in [5.74, 6) is -0.308. The van der Waals surface area contributed by atoms with Crippen LogP contribution in [0.2, 0.25) is 0 Å². The summed E-state index contributed by atoms with van der Waals surface area (Å²) in [4.78, 5) is 33.1. The van der Waals surface area contributed by atoms with Gasteiger partial charge in [-0.15, -0.1) is 0 Å². The minimum absolute atomic E-state index is 0.136. The fourth-order valence-electron chi connectivity index (χ4n) is 5.06. The first-order valence-electron chi connectivity index (χ1n) is 13.8. The third-order valence-corrected chi connectivity index (χ3v) is 8.28. The predicted octanol–water partition coefficient (Wildman–Crippen LogP) is 6.27. The Morgan fingerprint density at radius 2 is 1.86 bits per heavy atom. The second-order valence-electron chi connectivity index (χ2n) is 10.6. The number of anilines is 1. The molecule has 0 aliphatic carbocycles. The summed E-state index contributed by atoms with van der Waals surface area (Å²) in [5.41, 5.74) is 1.10. The van der Waals surface area contributed by atoms with Gasteiger partial charge in [0.15, 0.2) is 28.1 Å². The molecule has 1 fully saturated rings. The summed E-state index contributed by atoms with van der Waals surface area (Å²) in [6, 6.07) is 13.0. The van der Waals surface area contributed by atoms with E-state index < -0.39 is 23.5 Å². The van der Waals surface area contributed by atoms with Crippen molar-refractivity contribution in [3.63, 3.8) is 0 Å². The molecule has 1 saturated heterocycles. The van der Waals surface area contributed by atoms with Crippen molar-refractivity contribution in [3.8, 4) is 23.0 Å². The number of halogens is 1. The Morgan fingerprint density at radius 3 is 2.63 bits per heavy atom. The van der Waals surface area contributed by atoms with E-state index in [1.54, 1.807) is 36.4 Å². The molecule has 0 radical (unpaired) electrons. The van der Waals surface area contributed by atoms with Gasteiger partial charge in [0, 0.05) is 5.56 Å². The van der Waals surface area contributed by atoms with Crippen LogP contribution in [0.3, 0.4) is 0 Å². The van der Waals surface area contributed by atoms with Crippen molar-refractivity contribution in [1.82, 2.24) is 4.98 Å². The normalized spacial score (nSPS) is 17.6. The molecule has 3 aromatic carbocycles. The number of carbonyl (C=O) groups excluding carboxylic acids is 2. The van der Waals surface area contributed by atoms with E-state index in [-0.39, 0.29) is 22.0 Å². The minimum atomic E-state index is -1.07. The summed E-state index contributed by atoms with van der Waals surface area (Å²) in [5, 5.41) is 11.8. The second-order valence-corrected chi connectivity index (χ2v) is 11.6. The van der Waals surface area contributed by atoms with Crippen molar-refractivity contribution in [2.45, 2.75) is 26.3 Å². The van der Waals surface area contributed by atoms with Gasteiger partial charge in [-0.05, 0) is 66.4 Å². The Kier molecular flexibility index (Phi) is 7.66. The lowest BCUT2D eigenvalue weighted by atomic mass is 9.95.